The molecule has 0 aromatic rings. The Balaban J connectivity index is 2.52. The van der Waals surface area contributed by atoms with E-state index in [1.165, 1.54) is 4.90 Å². The van der Waals surface area contributed by atoms with E-state index >= 15 is 0 Å². The molecule has 0 aromatic carbocycles. The zero-order valence-electron chi connectivity index (χ0n) is 8.95. The van der Waals surface area contributed by atoms with Crippen molar-refractivity contribution in [3.63, 3.8) is 0 Å². The minimum absolute atomic E-state index is 0.00334. The molecule has 2 amide bonds. The molecule has 1 rings (SSSR count). The smallest absolute Gasteiger partial charge is 0.232 e. The Labute approximate surface area is 89.2 Å². The van der Waals surface area contributed by atoms with Gasteiger partial charge in [0.05, 0.1) is 0 Å². The minimum atomic E-state index is -0.128. The molecule has 0 bridgehead atoms. The number of carbonyl (C=O) groups excluding carboxylic acids is 2. The molecule has 1 heterocycles. The van der Waals surface area contributed by atoms with Crippen LogP contribution in [0.15, 0.2) is 0 Å². The van der Waals surface area contributed by atoms with Gasteiger partial charge in [0.25, 0.3) is 0 Å². The van der Waals surface area contributed by atoms with Crippen molar-refractivity contribution in [2.45, 2.75) is 20.3 Å². The number of likely N-dealkylation sites (tertiary alicyclic amines) is 1. The van der Waals surface area contributed by atoms with Gasteiger partial charge in [-0.3, -0.25) is 14.5 Å². The maximum absolute atomic E-state index is 11.6. The van der Waals surface area contributed by atoms with Crippen molar-refractivity contribution < 1.29 is 9.59 Å². The van der Waals surface area contributed by atoms with Gasteiger partial charge in [-0.25, -0.2) is 0 Å². The van der Waals surface area contributed by atoms with Crippen LogP contribution in [0, 0.1) is 11.8 Å². The summed E-state index contributed by atoms with van der Waals surface area (Å²) in [7, 11) is 0. The summed E-state index contributed by atoms with van der Waals surface area (Å²) < 4.78 is 0. The lowest BCUT2D eigenvalue weighted by molar-refractivity contribution is -0.139. The molecular formula is C10H17NO2S. The van der Waals surface area contributed by atoms with Crippen molar-refractivity contribution in [3.05, 3.63) is 0 Å². The van der Waals surface area contributed by atoms with Gasteiger partial charge in [0.1, 0.15) is 0 Å². The van der Waals surface area contributed by atoms with E-state index in [0.717, 1.165) is 12.2 Å². The second-order valence-corrected chi connectivity index (χ2v) is 4.74. The third-order valence-electron chi connectivity index (χ3n) is 2.79. The second kappa shape index (κ2) is 4.82. The van der Waals surface area contributed by atoms with Crippen LogP contribution in [0.1, 0.15) is 20.3 Å². The Morgan fingerprint density at radius 2 is 1.71 bits per heavy atom. The molecule has 4 heteroatoms. The highest BCUT2D eigenvalue weighted by molar-refractivity contribution is 7.98. The summed E-state index contributed by atoms with van der Waals surface area (Å²) in [6.07, 6.45) is 2.93. The summed E-state index contributed by atoms with van der Waals surface area (Å²) in [5.74, 6) is 0.751. The van der Waals surface area contributed by atoms with Crippen molar-refractivity contribution in [2.75, 3.05) is 18.6 Å². The number of thioether (sulfide) groups is 1. The van der Waals surface area contributed by atoms with Gasteiger partial charge >= 0.3 is 0 Å². The predicted octanol–water partition coefficient (Wildman–Crippen LogP) is 1.38. The molecule has 2 atom stereocenters. The first-order valence-corrected chi connectivity index (χ1v) is 6.33. The monoisotopic (exact) mass is 215 g/mol. The number of hydrogen-bond acceptors (Lipinski definition) is 3. The average Bonchev–Trinajstić information content (AvgIpc) is 2.35. The fourth-order valence-corrected chi connectivity index (χ4v) is 2.03. The standard InChI is InChI=1S/C10H17NO2S/c1-7-8(2)10(13)11(9(7)12)5-4-6-14-3/h7-8H,4-6H2,1-3H3. The van der Waals surface area contributed by atoms with Gasteiger partial charge in [0.2, 0.25) is 11.8 Å². The summed E-state index contributed by atoms with van der Waals surface area (Å²) in [5, 5.41) is 0. The van der Waals surface area contributed by atoms with Crippen LogP contribution in [0.2, 0.25) is 0 Å². The highest BCUT2D eigenvalue weighted by Gasteiger charge is 2.41. The summed E-state index contributed by atoms with van der Waals surface area (Å²) in [5.41, 5.74) is 0. The van der Waals surface area contributed by atoms with E-state index in [-0.39, 0.29) is 23.7 Å². The number of amides is 2. The lowest BCUT2D eigenvalue weighted by Crippen LogP contribution is -2.32. The molecule has 2 unspecified atom stereocenters. The van der Waals surface area contributed by atoms with E-state index in [2.05, 4.69) is 0 Å². The molecule has 3 nitrogen and oxygen atoms in total. The normalized spacial score (nSPS) is 27.5. The number of hydrogen-bond donors (Lipinski definition) is 0. The first-order valence-electron chi connectivity index (χ1n) is 4.93. The van der Waals surface area contributed by atoms with Crippen molar-refractivity contribution in [1.29, 1.82) is 0 Å². The summed E-state index contributed by atoms with van der Waals surface area (Å²) >= 11 is 1.74. The van der Waals surface area contributed by atoms with Crippen molar-refractivity contribution in [3.8, 4) is 0 Å². The Morgan fingerprint density at radius 3 is 2.14 bits per heavy atom. The van der Waals surface area contributed by atoms with Gasteiger partial charge in [0.15, 0.2) is 0 Å². The predicted molar refractivity (Wildman–Crippen MR) is 58.0 cm³/mol. The number of nitrogens with zero attached hydrogens (tertiary/aromatic N) is 1. The molecule has 0 aromatic heterocycles. The third kappa shape index (κ3) is 2.11. The highest BCUT2D eigenvalue weighted by atomic mass is 32.2. The van der Waals surface area contributed by atoms with Crippen molar-refractivity contribution in [1.82, 2.24) is 4.90 Å². The Bertz CT molecular complexity index is 222. The van der Waals surface area contributed by atoms with Gasteiger partial charge in [-0.05, 0) is 18.4 Å². The van der Waals surface area contributed by atoms with Crippen LogP contribution < -0.4 is 0 Å². The van der Waals surface area contributed by atoms with E-state index in [4.69, 9.17) is 0 Å². The van der Waals surface area contributed by atoms with Gasteiger partial charge in [-0.1, -0.05) is 13.8 Å². The summed E-state index contributed by atoms with van der Waals surface area (Å²) in [4.78, 5) is 24.7. The fourth-order valence-electron chi connectivity index (χ4n) is 1.62. The van der Waals surface area contributed by atoms with E-state index in [1.807, 2.05) is 20.1 Å². The van der Waals surface area contributed by atoms with E-state index in [0.29, 0.717) is 6.54 Å². The molecule has 0 radical (unpaired) electrons. The minimum Gasteiger partial charge on any atom is -0.282 e. The molecule has 1 aliphatic rings. The third-order valence-corrected chi connectivity index (χ3v) is 3.49. The average molecular weight is 215 g/mol. The van der Waals surface area contributed by atoms with Crippen LogP contribution in [0.3, 0.4) is 0 Å². The Kier molecular flexibility index (Phi) is 3.98. The first-order chi connectivity index (χ1) is 6.59. The maximum atomic E-state index is 11.6. The second-order valence-electron chi connectivity index (χ2n) is 3.75. The van der Waals surface area contributed by atoms with E-state index in [1.54, 1.807) is 11.8 Å². The van der Waals surface area contributed by atoms with Crippen LogP contribution >= 0.6 is 11.8 Å². The molecular weight excluding hydrogens is 198 g/mol. The van der Waals surface area contributed by atoms with Crippen LogP contribution in [0.25, 0.3) is 0 Å². The quantitative estimate of drug-likeness (QED) is 0.525. The molecule has 1 aliphatic heterocycles. The number of carbonyl (C=O) groups is 2. The number of imide groups is 1. The Hall–Kier alpha value is -0.510. The molecule has 80 valence electrons. The largest absolute Gasteiger partial charge is 0.282 e. The molecule has 1 fully saturated rings. The summed E-state index contributed by atoms with van der Waals surface area (Å²) in [6.45, 7) is 4.26. The summed E-state index contributed by atoms with van der Waals surface area (Å²) in [6, 6.07) is 0. The molecule has 0 saturated carbocycles. The molecule has 0 spiro atoms. The number of rotatable bonds is 4. The van der Waals surface area contributed by atoms with Gasteiger partial charge in [0, 0.05) is 18.4 Å². The molecule has 14 heavy (non-hydrogen) atoms. The van der Waals surface area contributed by atoms with Gasteiger partial charge < -0.3 is 0 Å². The zero-order valence-corrected chi connectivity index (χ0v) is 9.76. The maximum Gasteiger partial charge on any atom is 0.232 e. The van der Waals surface area contributed by atoms with Crippen molar-refractivity contribution >= 4 is 23.6 Å². The van der Waals surface area contributed by atoms with Gasteiger partial charge in [-0.15, -0.1) is 0 Å². The molecule has 1 saturated heterocycles. The van der Waals surface area contributed by atoms with Gasteiger partial charge in [-0.2, -0.15) is 11.8 Å². The van der Waals surface area contributed by atoms with E-state index < -0.39 is 0 Å². The highest BCUT2D eigenvalue weighted by Crippen LogP contribution is 2.25. The molecule has 0 N–H and O–H groups in total. The van der Waals surface area contributed by atoms with E-state index in [9.17, 15) is 9.59 Å². The Morgan fingerprint density at radius 1 is 1.21 bits per heavy atom. The fraction of sp³-hybridized carbons (Fsp3) is 0.800. The van der Waals surface area contributed by atoms with Crippen molar-refractivity contribution in [2.24, 2.45) is 11.8 Å². The SMILES string of the molecule is CSCCCN1C(=O)C(C)C(C)C1=O. The lowest BCUT2D eigenvalue weighted by Gasteiger charge is -2.13. The zero-order chi connectivity index (χ0) is 10.7. The van der Waals surface area contributed by atoms with Crippen LogP contribution in [-0.4, -0.2) is 35.3 Å². The molecule has 0 aliphatic carbocycles. The topological polar surface area (TPSA) is 37.4 Å². The lowest BCUT2D eigenvalue weighted by atomic mass is 10.00. The van der Waals surface area contributed by atoms with Crippen LogP contribution in [0.4, 0.5) is 0 Å². The first kappa shape index (κ1) is 11.6. The van der Waals surface area contributed by atoms with Crippen LogP contribution in [-0.2, 0) is 9.59 Å². The van der Waals surface area contributed by atoms with Crippen LogP contribution in [0.5, 0.6) is 0 Å².